The normalized spacial score (nSPS) is 21.8. The third kappa shape index (κ3) is 5.11. The molecule has 1 amide bonds. The molecule has 2 saturated heterocycles. The number of carbonyl (C=O) groups excluding carboxylic acids is 1. The lowest BCUT2D eigenvalue weighted by atomic mass is 9.99. The molecule has 2 heterocycles. The van der Waals surface area contributed by atoms with Gasteiger partial charge in [-0.1, -0.05) is 0 Å². The van der Waals surface area contributed by atoms with Gasteiger partial charge in [-0.05, 0) is 37.8 Å². The molecular formula is C19H26F2N2O5S. The van der Waals surface area contributed by atoms with E-state index in [1.165, 1.54) is 11.4 Å². The molecule has 0 N–H and O–H groups in total. The van der Waals surface area contributed by atoms with Gasteiger partial charge < -0.3 is 14.4 Å². The van der Waals surface area contributed by atoms with Crippen LogP contribution in [0.4, 0.5) is 8.78 Å². The smallest absolute Gasteiger partial charge is 0.249 e. The predicted molar refractivity (Wildman–Crippen MR) is 101 cm³/mol. The molecule has 0 saturated carbocycles. The molecule has 2 aliphatic rings. The molecule has 7 nitrogen and oxygen atoms in total. The summed E-state index contributed by atoms with van der Waals surface area (Å²) in [5, 5.41) is 0. The molecule has 1 unspecified atom stereocenters. The fourth-order valence-corrected chi connectivity index (χ4v) is 5.62. The summed E-state index contributed by atoms with van der Waals surface area (Å²) < 4.78 is 64.7. The Morgan fingerprint density at radius 1 is 1.17 bits per heavy atom. The van der Waals surface area contributed by atoms with Crippen LogP contribution in [0, 0.1) is 11.6 Å². The quantitative estimate of drug-likeness (QED) is 0.685. The van der Waals surface area contributed by atoms with Crippen LogP contribution in [0.2, 0.25) is 0 Å². The molecule has 0 radical (unpaired) electrons. The van der Waals surface area contributed by atoms with Crippen molar-refractivity contribution in [3.05, 3.63) is 29.8 Å². The Kier molecular flexibility index (Phi) is 7.20. The van der Waals surface area contributed by atoms with E-state index in [2.05, 4.69) is 0 Å². The van der Waals surface area contributed by atoms with Gasteiger partial charge in [0.2, 0.25) is 15.9 Å². The first-order valence-electron chi connectivity index (χ1n) is 9.67. The van der Waals surface area contributed by atoms with Gasteiger partial charge in [-0.25, -0.2) is 17.2 Å². The van der Waals surface area contributed by atoms with Gasteiger partial charge in [-0.15, -0.1) is 0 Å². The summed E-state index contributed by atoms with van der Waals surface area (Å²) in [4.78, 5) is 14.1. The number of hydrogen-bond donors (Lipinski definition) is 0. The number of sulfonamides is 1. The van der Waals surface area contributed by atoms with Gasteiger partial charge in [0.15, 0.2) is 0 Å². The van der Waals surface area contributed by atoms with Crippen LogP contribution in [0.15, 0.2) is 23.1 Å². The van der Waals surface area contributed by atoms with E-state index in [1.54, 1.807) is 4.90 Å². The van der Waals surface area contributed by atoms with Crippen LogP contribution < -0.4 is 0 Å². The Morgan fingerprint density at radius 2 is 1.83 bits per heavy atom. The molecule has 1 aromatic rings. The number of rotatable bonds is 6. The average Bonchev–Trinajstić information content (AvgIpc) is 2.69. The first kappa shape index (κ1) is 22.1. The minimum absolute atomic E-state index is 0.0503. The first-order valence-corrected chi connectivity index (χ1v) is 11.1. The lowest BCUT2D eigenvalue weighted by Gasteiger charge is -2.43. The Morgan fingerprint density at radius 3 is 2.45 bits per heavy atom. The molecular weight excluding hydrogens is 406 g/mol. The van der Waals surface area contributed by atoms with Crippen LogP contribution in [0.5, 0.6) is 0 Å². The maximum Gasteiger partial charge on any atom is 0.249 e. The van der Waals surface area contributed by atoms with E-state index in [1.807, 2.05) is 0 Å². The second-order valence-corrected chi connectivity index (χ2v) is 9.28. The predicted octanol–water partition coefficient (Wildman–Crippen LogP) is 1.77. The molecule has 0 aliphatic carbocycles. The summed E-state index contributed by atoms with van der Waals surface area (Å²) in [5.74, 6) is -2.09. The lowest BCUT2D eigenvalue weighted by molar-refractivity contribution is -0.143. The molecule has 162 valence electrons. The van der Waals surface area contributed by atoms with Crippen molar-refractivity contribution >= 4 is 15.9 Å². The second-order valence-electron chi connectivity index (χ2n) is 7.34. The molecule has 29 heavy (non-hydrogen) atoms. The summed E-state index contributed by atoms with van der Waals surface area (Å²) in [7, 11) is -2.64. The number of carbonyl (C=O) groups is 1. The highest BCUT2D eigenvalue weighted by atomic mass is 32.2. The van der Waals surface area contributed by atoms with E-state index in [0.717, 1.165) is 12.1 Å². The molecule has 1 aromatic carbocycles. The summed E-state index contributed by atoms with van der Waals surface area (Å²) in [6, 6.07) is 1.88. The zero-order valence-electron chi connectivity index (χ0n) is 16.4. The fourth-order valence-electron chi connectivity index (χ4n) is 4.06. The van der Waals surface area contributed by atoms with E-state index < -0.39 is 26.6 Å². The number of piperidine rings is 1. The van der Waals surface area contributed by atoms with Crippen molar-refractivity contribution in [1.82, 2.24) is 9.21 Å². The van der Waals surface area contributed by atoms with E-state index >= 15 is 0 Å². The van der Waals surface area contributed by atoms with E-state index in [0.29, 0.717) is 45.0 Å². The number of halogens is 2. The monoisotopic (exact) mass is 432 g/mol. The molecule has 1 atom stereocenters. The Labute approximate surface area is 169 Å². The van der Waals surface area contributed by atoms with Gasteiger partial charge in [0.05, 0.1) is 4.90 Å². The summed E-state index contributed by atoms with van der Waals surface area (Å²) >= 11 is 0. The highest BCUT2D eigenvalue weighted by Gasteiger charge is 2.38. The zero-order chi connectivity index (χ0) is 21.0. The third-order valence-electron chi connectivity index (χ3n) is 5.37. The average molecular weight is 432 g/mol. The standard InChI is InChI=1S/C19H26F2N2O5S/c1-27-13-19(24)23(16-4-7-28-8-5-16)17-3-2-6-22(12-17)29(25,26)18-10-14(20)9-15(21)11-18/h9-11,16-17H,2-8,12-13H2,1H3. The van der Waals surface area contributed by atoms with E-state index in [4.69, 9.17) is 9.47 Å². The van der Waals surface area contributed by atoms with Gasteiger partial charge in [0, 0.05) is 51.6 Å². The van der Waals surface area contributed by atoms with E-state index in [-0.39, 0.29) is 37.7 Å². The number of benzene rings is 1. The maximum absolute atomic E-state index is 13.6. The van der Waals surface area contributed by atoms with Crippen LogP contribution in [0.3, 0.4) is 0 Å². The molecule has 0 spiro atoms. The number of hydrogen-bond acceptors (Lipinski definition) is 5. The third-order valence-corrected chi connectivity index (χ3v) is 7.21. The van der Waals surface area contributed by atoms with Gasteiger partial charge in [-0.3, -0.25) is 4.79 Å². The van der Waals surface area contributed by atoms with Gasteiger partial charge in [0.25, 0.3) is 0 Å². The fraction of sp³-hybridized carbons (Fsp3) is 0.632. The number of amides is 1. The maximum atomic E-state index is 13.6. The van der Waals surface area contributed by atoms with Crippen molar-refractivity contribution in [3.8, 4) is 0 Å². The Hall–Kier alpha value is -1.62. The minimum atomic E-state index is -4.08. The molecule has 3 rings (SSSR count). The highest BCUT2D eigenvalue weighted by Crippen LogP contribution is 2.27. The van der Waals surface area contributed by atoms with E-state index in [9.17, 15) is 22.0 Å². The first-order chi connectivity index (χ1) is 13.8. The Bertz CT molecular complexity index is 810. The molecule has 0 aromatic heterocycles. The molecule has 10 heteroatoms. The summed E-state index contributed by atoms with van der Waals surface area (Å²) in [5.41, 5.74) is 0. The summed E-state index contributed by atoms with van der Waals surface area (Å²) in [6.07, 6.45) is 2.54. The van der Waals surface area contributed by atoms with Crippen molar-refractivity contribution in [2.45, 2.75) is 42.7 Å². The van der Waals surface area contributed by atoms with Crippen LogP contribution in [-0.4, -0.2) is 75.6 Å². The van der Waals surface area contributed by atoms with Crippen molar-refractivity contribution < 1.29 is 31.5 Å². The largest absolute Gasteiger partial charge is 0.381 e. The summed E-state index contributed by atoms with van der Waals surface area (Å²) in [6.45, 7) is 1.30. The second kappa shape index (κ2) is 9.46. The number of ether oxygens (including phenoxy) is 2. The number of nitrogens with zero attached hydrogens (tertiary/aromatic N) is 2. The van der Waals surface area contributed by atoms with Gasteiger partial charge in [-0.2, -0.15) is 4.31 Å². The van der Waals surface area contributed by atoms with Crippen molar-refractivity contribution in [1.29, 1.82) is 0 Å². The van der Waals surface area contributed by atoms with Gasteiger partial charge >= 0.3 is 0 Å². The van der Waals surface area contributed by atoms with Crippen molar-refractivity contribution in [2.24, 2.45) is 0 Å². The van der Waals surface area contributed by atoms with Crippen LogP contribution in [0.1, 0.15) is 25.7 Å². The minimum Gasteiger partial charge on any atom is -0.381 e. The van der Waals surface area contributed by atoms with Crippen LogP contribution in [0.25, 0.3) is 0 Å². The highest BCUT2D eigenvalue weighted by molar-refractivity contribution is 7.89. The number of methoxy groups -OCH3 is 1. The lowest BCUT2D eigenvalue weighted by Crippen LogP contribution is -2.56. The molecule has 2 fully saturated rings. The van der Waals surface area contributed by atoms with Gasteiger partial charge in [0.1, 0.15) is 18.2 Å². The van der Waals surface area contributed by atoms with Crippen LogP contribution in [-0.2, 0) is 24.3 Å². The SMILES string of the molecule is COCC(=O)N(C1CCOCC1)C1CCCN(S(=O)(=O)c2cc(F)cc(F)c2)C1. The zero-order valence-corrected chi connectivity index (χ0v) is 17.2. The van der Waals surface area contributed by atoms with Crippen LogP contribution >= 0.6 is 0 Å². The molecule has 0 bridgehead atoms. The topological polar surface area (TPSA) is 76.2 Å². The van der Waals surface area contributed by atoms with Crippen molar-refractivity contribution in [3.63, 3.8) is 0 Å². The Balaban J connectivity index is 1.84. The molecule has 2 aliphatic heterocycles. The van der Waals surface area contributed by atoms with Crippen molar-refractivity contribution in [2.75, 3.05) is 40.0 Å².